The summed E-state index contributed by atoms with van der Waals surface area (Å²) in [6.45, 7) is 3.89. The van der Waals surface area contributed by atoms with Gasteiger partial charge in [-0.15, -0.1) is 11.8 Å². The van der Waals surface area contributed by atoms with E-state index in [1.54, 1.807) is 18.0 Å². The molecule has 0 unspecified atom stereocenters. The lowest BCUT2D eigenvalue weighted by Gasteiger charge is -2.24. The smallest absolute Gasteiger partial charge is 0.227 e. The molecule has 0 saturated heterocycles. The van der Waals surface area contributed by atoms with Crippen molar-refractivity contribution in [1.29, 1.82) is 0 Å². The van der Waals surface area contributed by atoms with Crippen LogP contribution in [0.3, 0.4) is 0 Å². The monoisotopic (exact) mass is 475 g/mol. The van der Waals surface area contributed by atoms with Crippen LogP contribution in [0, 0.1) is 13.8 Å². The molecule has 166 valence electrons. The molecule has 33 heavy (non-hydrogen) atoms. The molecule has 5 rings (SSSR count). The van der Waals surface area contributed by atoms with E-state index in [4.69, 9.17) is 26.3 Å². The van der Waals surface area contributed by atoms with Gasteiger partial charge in [0.2, 0.25) is 5.88 Å². The average molecular weight is 476 g/mol. The van der Waals surface area contributed by atoms with Gasteiger partial charge in [-0.05, 0) is 43.7 Å². The zero-order valence-electron chi connectivity index (χ0n) is 18.3. The predicted octanol–water partition coefficient (Wildman–Crippen LogP) is 6.29. The molecular weight excluding hydrogens is 454 g/mol. The van der Waals surface area contributed by atoms with E-state index in [1.807, 2.05) is 31.2 Å². The highest BCUT2D eigenvalue weighted by Gasteiger charge is 2.27. The fraction of sp³-hybridized carbons (Fsp3) is 0.192. The van der Waals surface area contributed by atoms with Gasteiger partial charge in [0.15, 0.2) is 11.6 Å². The first-order valence-electron chi connectivity index (χ1n) is 10.6. The Morgan fingerprint density at radius 2 is 1.76 bits per heavy atom. The molecule has 4 aromatic rings. The highest BCUT2D eigenvalue weighted by molar-refractivity contribution is 7.98. The zero-order valence-corrected chi connectivity index (χ0v) is 19.9. The van der Waals surface area contributed by atoms with Crippen molar-refractivity contribution in [2.75, 3.05) is 0 Å². The number of nitrogens with zero attached hydrogens (tertiary/aromatic N) is 3. The molecule has 0 spiro atoms. The Bertz CT molecular complexity index is 1330. The molecule has 2 aromatic heterocycles. The van der Waals surface area contributed by atoms with Crippen molar-refractivity contribution in [3.63, 3.8) is 0 Å². The van der Waals surface area contributed by atoms with Crippen LogP contribution in [0.4, 0.5) is 0 Å². The first kappa shape index (κ1) is 21.9. The van der Waals surface area contributed by atoms with Crippen LogP contribution >= 0.6 is 23.4 Å². The number of thioether (sulfide) groups is 1. The van der Waals surface area contributed by atoms with Crippen molar-refractivity contribution in [3.8, 4) is 23.0 Å². The van der Waals surface area contributed by atoms with Crippen molar-refractivity contribution in [3.05, 3.63) is 93.3 Å². The molecule has 1 aliphatic rings. The maximum absolute atomic E-state index is 9.85. The zero-order chi connectivity index (χ0) is 22.9. The van der Waals surface area contributed by atoms with E-state index in [-0.39, 0.29) is 6.61 Å². The summed E-state index contributed by atoms with van der Waals surface area (Å²) < 4.78 is 6.28. The first-order chi connectivity index (χ1) is 16.0. The standard InChI is InChI=1S/C26H22ClN3O2S/c1-15-3-5-17(6-4-15)14-33-26-22-11-21-19(13-31)12-28-16(2)23(21)32-25(22)29-24(30-26)18-7-9-20(27)10-8-18/h3-10,12,31H,11,13-14H2,1-2H3. The SMILES string of the molecule is Cc1ccc(CSc2nc(-c3ccc(Cl)cc3)nc3c2Cc2c(CO)cnc(C)c2O3)cc1. The summed E-state index contributed by atoms with van der Waals surface area (Å²) in [5.41, 5.74) is 6.73. The Kier molecular flexibility index (Phi) is 6.06. The number of aryl methyl sites for hydroxylation is 2. The number of fused-ring (bicyclic) bond motifs is 2. The van der Waals surface area contributed by atoms with Gasteiger partial charge in [0, 0.05) is 40.1 Å². The minimum absolute atomic E-state index is 0.0934. The number of pyridine rings is 1. The third kappa shape index (κ3) is 4.47. The molecular formula is C26H22ClN3O2S. The lowest BCUT2D eigenvalue weighted by molar-refractivity contribution is 0.278. The van der Waals surface area contributed by atoms with Crippen LogP contribution in [-0.2, 0) is 18.8 Å². The third-order valence-corrected chi connectivity index (χ3v) is 7.00. The van der Waals surface area contributed by atoms with Gasteiger partial charge >= 0.3 is 0 Å². The van der Waals surface area contributed by atoms with Crippen LogP contribution in [0.25, 0.3) is 11.4 Å². The maximum Gasteiger partial charge on any atom is 0.227 e. The molecule has 1 aliphatic heterocycles. The van der Waals surface area contributed by atoms with Gasteiger partial charge in [-0.25, -0.2) is 4.98 Å². The Labute approximate surface area is 201 Å². The fourth-order valence-corrected chi connectivity index (χ4v) is 4.88. The van der Waals surface area contributed by atoms with Gasteiger partial charge in [-0.2, -0.15) is 4.98 Å². The van der Waals surface area contributed by atoms with E-state index in [1.165, 1.54) is 11.1 Å². The van der Waals surface area contributed by atoms with E-state index in [2.05, 4.69) is 36.2 Å². The second-order valence-electron chi connectivity index (χ2n) is 8.03. The summed E-state index contributed by atoms with van der Waals surface area (Å²) in [5, 5.41) is 11.4. The molecule has 2 aromatic carbocycles. The van der Waals surface area contributed by atoms with Crippen molar-refractivity contribution in [1.82, 2.24) is 15.0 Å². The highest BCUT2D eigenvalue weighted by Crippen LogP contribution is 2.43. The molecule has 0 aliphatic carbocycles. The third-order valence-electron chi connectivity index (χ3n) is 5.66. The molecule has 3 heterocycles. The van der Waals surface area contributed by atoms with Crippen LogP contribution in [0.2, 0.25) is 5.02 Å². The van der Waals surface area contributed by atoms with E-state index in [0.717, 1.165) is 38.7 Å². The van der Waals surface area contributed by atoms with E-state index >= 15 is 0 Å². The number of hydrogen-bond donors (Lipinski definition) is 1. The molecule has 0 amide bonds. The number of benzene rings is 2. The number of aliphatic hydroxyl groups is 1. The summed E-state index contributed by atoms with van der Waals surface area (Å²) in [5.74, 6) is 2.57. The number of ether oxygens (including phenoxy) is 1. The van der Waals surface area contributed by atoms with Crippen LogP contribution in [0.1, 0.15) is 33.5 Å². The Morgan fingerprint density at radius 3 is 2.48 bits per heavy atom. The van der Waals surface area contributed by atoms with E-state index in [9.17, 15) is 5.11 Å². The summed E-state index contributed by atoms with van der Waals surface area (Å²) in [4.78, 5) is 14.1. The van der Waals surface area contributed by atoms with Crippen molar-refractivity contribution in [2.45, 2.75) is 37.7 Å². The van der Waals surface area contributed by atoms with Gasteiger partial charge in [-0.1, -0.05) is 41.4 Å². The molecule has 0 radical (unpaired) electrons. The van der Waals surface area contributed by atoms with Gasteiger partial charge < -0.3 is 9.84 Å². The summed E-state index contributed by atoms with van der Waals surface area (Å²) in [6, 6.07) is 16.0. The molecule has 5 nitrogen and oxygen atoms in total. The topological polar surface area (TPSA) is 68.1 Å². The molecule has 0 saturated carbocycles. The number of hydrogen-bond acceptors (Lipinski definition) is 6. The van der Waals surface area contributed by atoms with Crippen molar-refractivity contribution < 1.29 is 9.84 Å². The first-order valence-corrected chi connectivity index (χ1v) is 12.0. The maximum atomic E-state index is 9.85. The Balaban J connectivity index is 1.58. The molecule has 0 fully saturated rings. The van der Waals surface area contributed by atoms with Crippen LogP contribution in [-0.4, -0.2) is 20.1 Å². The van der Waals surface area contributed by atoms with Crippen LogP contribution in [0.15, 0.2) is 59.8 Å². The molecule has 1 N–H and O–H groups in total. The minimum atomic E-state index is -0.0934. The van der Waals surface area contributed by atoms with E-state index < -0.39 is 0 Å². The minimum Gasteiger partial charge on any atom is -0.436 e. The molecule has 0 atom stereocenters. The van der Waals surface area contributed by atoms with Gasteiger partial charge in [-0.3, -0.25) is 4.98 Å². The number of halogens is 1. The van der Waals surface area contributed by atoms with Crippen molar-refractivity contribution in [2.24, 2.45) is 0 Å². The second-order valence-corrected chi connectivity index (χ2v) is 9.43. The van der Waals surface area contributed by atoms with Crippen molar-refractivity contribution >= 4 is 23.4 Å². The molecule has 7 heteroatoms. The Hall–Kier alpha value is -2.93. The lowest BCUT2D eigenvalue weighted by Crippen LogP contribution is -2.13. The summed E-state index contributed by atoms with van der Waals surface area (Å²) >= 11 is 7.74. The van der Waals surface area contributed by atoms with Gasteiger partial charge in [0.05, 0.1) is 17.9 Å². The summed E-state index contributed by atoms with van der Waals surface area (Å²) in [6.07, 6.45) is 2.30. The molecule has 0 bridgehead atoms. The number of rotatable bonds is 5. The normalized spacial score (nSPS) is 12.1. The predicted molar refractivity (Wildman–Crippen MR) is 131 cm³/mol. The van der Waals surface area contributed by atoms with Gasteiger partial charge in [0.1, 0.15) is 5.03 Å². The largest absolute Gasteiger partial charge is 0.436 e. The quantitative estimate of drug-likeness (QED) is 0.238. The van der Waals surface area contributed by atoms with Crippen LogP contribution in [0.5, 0.6) is 11.6 Å². The van der Waals surface area contributed by atoms with E-state index in [0.29, 0.717) is 28.9 Å². The number of aliphatic hydroxyl groups excluding tert-OH is 1. The fourth-order valence-electron chi connectivity index (χ4n) is 3.78. The second kappa shape index (κ2) is 9.14. The lowest BCUT2D eigenvalue weighted by atomic mass is 9.99. The number of aromatic nitrogens is 3. The average Bonchev–Trinajstić information content (AvgIpc) is 2.83. The van der Waals surface area contributed by atoms with Gasteiger partial charge in [0.25, 0.3) is 0 Å². The highest BCUT2D eigenvalue weighted by atomic mass is 35.5. The summed E-state index contributed by atoms with van der Waals surface area (Å²) in [7, 11) is 0. The van der Waals surface area contributed by atoms with Crippen LogP contribution < -0.4 is 4.74 Å². The Morgan fingerprint density at radius 1 is 1.00 bits per heavy atom.